The number of piperazine rings is 1. The zero-order chi connectivity index (χ0) is 29.0. The predicted octanol–water partition coefficient (Wildman–Crippen LogP) is 4.31. The summed E-state index contributed by atoms with van der Waals surface area (Å²) in [5.41, 5.74) is 4.58. The van der Waals surface area contributed by atoms with E-state index in [1.807, 2.05) is 71.0 Å². The van der Waals surface area contributed by atoms with Crippen molar-refractivity contribution in [3.63, 3.8) is 0 Å². The van der Waals surface area contributed by atoms with Crippen LogP contribution in [0.25, 0.3) is 0 Å². The first-order chi connectivity index (χ1) is 19.0. The molecule has 0 aliphatic carbocycles. The smallest absolute Gasteiger partial charge is 0.410 e. The molecule has 0 spiro atoms. The third-order valence-corrected chi connectivity index (χ3v) is 7.63. The summed E-state index contributed by atoms with van der Waals surface area (Å²) in [6.07, 6.45) is 1.36. The van der Waals surface area contributed by atoms with Gasteiger partial charge in [-0.1, -0.05) is 18.2 Å². The van der Waals surface area contributed by atoms with Crippen LogP contribution in [0.4, 0.5) is 16.2 Å². The van der Waals surface area contributed by atoms with Crippen LogP contribution in [-0.2, 0) is 4.74 Å². The van der Waals surface area contributed by atoms with E-state index in [-0.39, 0.29) is 25.1 Å². The number of nitrogens with one attached hydrogen (secondary N) is 1. The molecule has 40 heavy (non-hydrogen) atoms. The lowest BCUT2D eigenvalue weighted by molar-refractivity contribution is -0.00986. The minimum absolute atomic E-state index is 0.106. The van der Waals surface area contributed by atoms with E-state index in [9.17, 15) is 20.0 Å². The van der Waals surface area contributed by atoms with Crippen LogP contribution in [0.5, 0.6) is 0 Å². The summed E-state index contributed by atoms with van der Waals surface area (Å²) in [7, 11) is 0. The molecule has 2 saturated heterocycles. The first-order valence-electron chi connectivity index (χ1n) is 14.0. The molecular weight excluding hydrogens is 506 g/mol. The van der Waals surface area contributed by atoms with Crippen molar-refractivity contribution >= 4 is 23.4 Å². The van der Waals surface area contributed by atoms with Gasteiger partial charge in [-0.2, -0.15) is 5.26 Å². The van der Waals surface area contributed by atoms with Crippen molar-refractivity contribution in [3.8, 4) is 6.07 Å². The van der Waals surface area contributed by atoms with Gasteiger partial charge in [0.2, 0.25) is 0 Å². The molecule has 0 saturated carbocycles. The van der Waals surface area contributed by atoms with Gasteiger partial charge in [0.25, 0.3) is 5.91 Å². The Kier molecular flexibility index (Phi) is 8.89. The largest absolute Gasteiger partial charge is 0.444 e. The number of benzene rings is 2. The van der Waals surface area contributed by atoms with E-state index in [1.165, 1.54) is 4.90 Å². The normalized spacial score (nSPS) is 18.3. The van der Waals surface area contributed by atoms with Crippen LogP contribution in [0.3, 0.4) is 0 Å². The Hall–Kier alpha value is -3.77. The van der Waals surface area contributed by atoms with Crippen molar-refractivity contribution in [3.05, 3.63) is 58.7 Å². The molecule has 0 unspecified atom stereocenters. The molecule has 2 fully saturated rings. The first kappa shape index (κ1) is 29.2. The Morgan fingerprint density at radius 3 is 2.42 bits per heavy atom. The highest BCUT2D eigenvalue weighted by molar-refractivity contribution is 5.97. The lowest BCUT2D eigenvalue weighted by Crippen LogP contribution is -2.58. The molecule has 1 atom stereocenters. The van der Waals surface area contributed by atoms with Crippen molar-refractivity contribution in [1.29, 1.82) is 5.26 Å². The molecule has 214 valence electrons. The SMILES string of the molecule is Cc1cc(C)c(C(=O)N2CCN(C(=O)OC(C)(C)C)[C@@H](CO)C2)cc1NC1CCN(c2ccccc2C#N)CC1. The van der Waals surface area contributed by atoms with Crippen LogP contribution in [0.2, 0.25) is 0 Å². The fourth-order valence-electron chi connectivity index (χ4n) is 5.49. The number of nitriles is 1. The molecular formula is C31H41N5O4. The number of carbonyl (C=O) groups excluding carboxylic acids is 2. The number of rotatable bonds is 5. The first-order valence-corrected chi connectivity index (χ1v) is 14.0. The van der Waals surface area contributed by atoms with Crippen molar-refractivity contribution in [2.45, 2.75) is 65.1 Å². The summed E-state index contributed by atoms with van der Waals surface area (Å²) in [5.74, 6) is -0.106. The van der Waals surface area contributed by atoms with Gasteiger partial charge >= 0.3 is 6.09 Å². The van der Waals surface area contributed by atoms with E-state index in [0.717, 1.165) is 48.4 Å². The van der Waals surface area contributed by atoms with Gasteiger partial charge in [-0.3, -0.25) is 9.69 Å². The van der Waals surface area contributed by atoms with Gasteiger partial charge in [-0.05, 0) is 76.8 Å². The number of nitrogens with zero attached hydrogens (tertiary/aromatic N) is 4. The number of para-hydroxylation sites is 1. The fraction of sp³-hybridized carbons (Fsp3) is 0.516. The average molecular weight is 548 g/mol. The predicted molar refractivity (Wildman–Crippen MR) is 156 cm³/mol. The van der Waals surface area contributed by atoms with Crippen LogP contribution in [0.1, 0.15) is 60.7 Å². The second kappa shape index (κ2) is 12.2. The summed E-state index contributed by atoms with van der Waals surface area (Å²) in [6.45, 7) is 11.8. The zero-order valence-corrected chi connectivity index (χ0v) is 24.2. The van der Waals surface area contributed by atoms with Gasteiger partial charge in [-0.25, -0.2) is 4.79 Å². The van der Waals surface area contributed by atoms with Gasteiger partial charge in [0.15, 0.2) is 0 Å². The molecule has 2 amide bonds. The highest BCUT2D eigenvalue weighted by Crippen LogP contribution is 2.28. The summed E-state index contributed by atoms with van der Waals surface area (Å²) < 4.78 is 5.50. The van der Waals surface area contributed by atoms with Gasteiger partial charge in [0.1, 0.15) is 11.7 Å². The maximum atomic E-state index is 13.7. The number of hydrogen-bond donors (Lipinski definition) is 2. The Balaban J connectivity index is 1.42. The lowest BCUT2D eigenvalue weighted by Gasteiger charge is -2.41. The number of ether oxygens (including phenoxy) is 1. The monoisotopic (exact) mass is 547 g/mol. The highest BCUT2D eigenvalue weighted by Gasteiger charge is 2.35. The van der Waals surface area contributed by atoms with Gasteiger partial charge in [0.05, 0.1) is 23.9 Å². The van der Waals surface area contributed by atoms with E-state index in [0.29, 0.717) is 24.2 Å². The number of anilines is 2. The second-order valence-electron chi connectivity index (χ2n) is 11.8. The van der Waals surface area contributed by atoms with E-state index in [1.54, 1.807) is 4.90 Å². The van der Waals surface area contributed by atoms with Gasteiger partial charge in [0, 0.05) is 50.0 Å². The Bertz CT molecular complexity index is 1270. The Morgan fingerprint density at radius 1 is 1.07 bits per heavy atom. The van der Waals surface area contributed by atoms with Crippen LogP contribution in [0.15, 0.2) is 36.4 Å². The maximum absolute atomic E-state index is 13.7. The van der Waals surface area contributed by atoms with Crippen LogP contribution < -0.4 is 10.2 Å². The Labute approximate surface area is 237 Å². The van der Waals surface area contributed by atoms with E-state index in [2.05, 4.69) is 16.3 Å². The van der Waals surface area contributed by atoms with Crippen LogP contribution in [0, 0.1) is 25.2 Å². The second-order valence-corrected chi connectivity index (χ2v) is 11.8. The molecule has 2 aromatic carbocycles. The highest BCUT2D eigenvalue weighted by atomic mass is 16.6. The molecule has 4 rings (SSSR count). The summed E-state index contributed by atoms with van der Waals surface area (Å²) >= 11 is 0. The van der Waals surface area contributed by atoms with Crippen molar-refractivity contribution in [1.82, 2.24) is 9.80 Å². The molecule has 2 aromatic rings. The molecule has 2 heterocycles. The third kappa shape index (κ3) is 6.68. The number of piperidine rings is 1. The van der Waals surface area contributed by atoms with E-state index < -0.39 is 17.7 Å². The van der Waals surface area contributed by atoms with E-state index >= 15 is 0 Å². The minimum Gasteiger partial charge on any atom is -0.444 e. The third-order valence-electron chi connectivity index (χ3n) is 7.63. The number of aliphatic hydroxyl groups is 1. The minimum atomic E-state index is -0.635. The number of aryl methyl sites for hydroxylation is 2. The summed E-state index contributed by atoms with van der Waals surface area (Å²) in [6, 6.07) is 13.7. The van der Waals surface area contributed by atoms with Crippen LogP contribution in [-0.4, -0.2) is 83.9 Å². The molecule has 9 nitrogen and oxygen atoms in total. The molecule has 0 bridgehead atoms. The van der Waals surface area contributed by atoms with E-state index in [4.69, 9.17) is 4.74 Å². The molecule has 0 radical (unpaired) electrons. The standard InChI is InChI=1S/C31H41N5O4/c1-21-16-22(2)27(33-24-10-12-34(13-11-24)28-9-7-6-8-23(28)18-32)17-26(21)29(38)35-14-15-36(25(19-35)20-37)30(39)40-31(3,4)5/h6-9,16-17,24-25,33,37H,10-15,19-20H2,1-5H3/t25-/m1/s1. The molecule has 9 heteroatoms. The average Bonchev–Trinajstić information content (AvgIpc) is 2.93. The topological polar surface area (TPSA) is 109 Å². The maximum Gasteiger partial charge on any atom is 0.410 e. The molecule has 2 aliphatic heterocycles. The van der Waals surface area contributed by atoms with Gasteiger partial charge in [-0.15, -0.1) is 0 Å². The summed E-state index contributed by atoms with van der Waals surface area (Å²) in [5, 5.41) is 23.1. The summed E-state index contributed by atoms with van der Waals surface area (Å²) in [4.78, 5) is 31.8. The fourth-order valence-corrected chi connectivity index (χ4v) is 5.49. The molecule has 2 N–H and O–H groups in total. The van der Waals surface area contributed by atoms with Crippen LogP contribution >= 0.6 is 0 Å². The number of carbonyl (C=O) groups is 2. The quantitative estimate of drug-likeness (QED) is 0.574. The van der Waals surface area contributed by atoms with Crippen molar-refractivity contribution < 1.29 is 19.4 Å². The Morgan fingerprint density at radius 2 is 1.77 bits per heavy atom. The lowest BCUT2D eigenvalue weighted by atomic mass is 9.99. The zero-order valence-electron chi connectivity index (χ0n) is 24.2. The van der Waals surface area contributed by atoms with Gasteiger partial charge < -0.3 is 25.0 Å². The van der Waals surface area contributed by atoms with Crippen molar-refractivity contribution in [2.24, 2.45) is 0 Å². The number of aliphatic hydroxyl groups excluding tert-OH is 1. The molecule has 0 aromatic heterocycles. The van der Waals surface area contributed by atoms with Crippen molar-refractivity contribution in [2.75, 3.05) is 49.5 Å². The number of amides is 2. The molecule has 2 aliphatic rings. The number of hydrogen-bond acceptors (Lipinski definition) is 7.